The van der Waals surface area contributed by atoms with Gasteiger partial charge in [-0.25, -0.2) is 0 Å². The van der Waals surface area contributed by atoms with Crippen LogP contribution in [-0.4, -0.2) is 10.8 Å². The van der Waals surface area contributed by atoms with Gasteiger partial charge in [0.15, 0.2) is 4.90 Å². The van der Waals surface area contributed by atoms with Crippen molar-refractivity contribution in [1.82, 2.24) is 0 Å². The van der Waals surface area contributed by atoms with Crippen molar-refractivity contribution in [3.8, 4) is 0 Å². The molecular formula is C10H9O2S. The normalized spacial score (nSPS) is 13.5. The van der Waals surface area contributed by atoms with Crippen LogP contribution in [0.5, 0.6) is 0 Å². The van der Waals surface area contributed by atoms with Crippen LogP contribution >= 0.6 is 0 Å². The van der Waals surface area contributed by atoms with Crippen molar-refractivity contribution in [1.29, 1.82) is 0 Å². The predicted molar refractivity (Wildman–Crippen MR) is 53.0 cm³/mol. The fourth-order valence-corrected chi connectivity index (χ4v) is 1.93. The van der Waals surface area contributed by atoms with E-state index in [9.17, 15) is 4.55 Å². The average Bonchev–Trinajstić information content (AvgIpc) is 2.46. The Morgan fingerprint density at radius 1 is 1.46 bits per heavy atom. The van der Waals surface area contributed by atoms with Crippen LogP contribution in [0.3, 0.4) is 0 Å². The number of benzene rings is 1. The van der Waals surface area contributed by atoms with E-state index in [1.807, 2.05) is 18.2 Å². The molecule has 2 aromatic rings. The zero-order chi connectivity index (χ0) is 9.42. The summed E-state index contributed by atoms with van der Waals surface area (Å²) < 4.78 is 16.5. The van der Waals surface area contributed by atoms with Gasteiger partial charge in [-0.2, -0.15) is 0 Å². The number of furan rings is 1. The van der Waals surface area contributed by atoms with Crippen molar-refractivity contribution in [2.45, 2.75) is 4.90 Å². The summed E-state index contributed by atoms with van der Waals surface area (Å²) in [7, 11) is 0. The zero-order valence-electron chi connectivity index (χ0n) is 7.24. The van der Waals surface area contributed by atoms with Gasteiger partial charge in [-0.1, -0.05) is 6.07 Å². The van der Waals surface area contributed by atoms with Crippen LogP contribution in [0, 0.1) is 6.92 Å². The number of hydrogen-bond acceptors (Lipinski definition) is 2. The molecule has 67 valence electrons. The molecular weight excluding hydrogens is 184 g/mol. The Kier molecular flexibility index (Phi) is 2.06. The molecule has 0 fully saturated rings. The lowest BCUT2D eigenvalue weighted by molar-refractivity contribution is 0.587. The van der Waals surface area contributed by atoms with Gasteiger partial charge in [0.1, 0.15) is 18.1 Å². The highest BCUT2D eigenvalue weighted by atomic mass is 32.2. The molecule has 0 saturated carbocycles. The third-order valence-electron chi connectivity index (χ3n) is 1.91. The van der Waals surface area contributed by atoms with Gasteiger partial charge in [0.05, 0.1) is 5.39 Å². The molecule has 0 spiro atoms. The summed E-state index contributed by atoms with van der Waals surface area (Å²) in [6, 6.07) is 5.60. The topological polar surface area (TPSA) is 36.2 Å². The van der Waals surface area contributed by atoms with E-state index in [1.165, 1.54) is 0 Å². The molecule has 1 aromatic heterocycles. The van der Waals surface area contributed by atoms with Crippen LogP contribution in [-0.2, 0) is 11.2 Å². The van der Waals surface area contributed by atoms with Crippen molar-refractivity contribution in [2.24, 2.45) is 0 Å². The van der Waals surface area contributed by atoms with Crippen LogP contribution in [0.4, 0.5) is 0 Å². The van der Waals surface area contributed by atoms with Crippen LogP contribution in [0.15, 0.2) is 33.8 Å². The van der Waals surface area contributed by atoms with E-state index in [2.05, 4.69) is 6.92 Å². The second-order valence-corrected chi connectivity index (χ2v) is 4.23. The maximum atomic E-state index is 11.3. The summed E-state index contributed by atoms with van der Waals surface area (Å²) >= 11 is -1.00. The van der Waals surface area contributed by atoms with Crippen LogP contribution < -0.4 is 0 Å². The number of fused-ring (bicyclic) bond motifs is 1. The van der Waals surface area contributed by atoms with E-state index in [1.54, 1.807) is 12.5 Å². The van der Waals surface area contributed by atoms with E-state index in [4.69, 9.17) is 4.42 Å². The van der Waals surface area contributed by atoms with Gasteiger partial charge in [-0.15, -0.1) is 0 Å². The summed E-state index contributed by atoms with van der Waals surface area (Å²) in [6.07, 6.45) is 3.18. The molecule has 0 amide bonds. The Labute approximate surface area is 79.7 Å². The van der Waals surface area contributed by atoms with Gasteiger partial charge in [-0.3, -0.25) is 0 Å². The Balaban J connectivity index is 2.71. The first kappa shape index (κ1) is 8.66. The molecule has 0 aliphatic carbocycles. The highest BCUT2D eigenvalue weighted by molar-refractivity contribution is 7.91. The fourth-order valence-electron chi connectivity index (χ4n) is 1.28. The van der Waals surface area contributed by atoms with E-state index in [0.29, 0.717) is 0 Å². The molecule has 1 atom stereocenters. The van der Waals surface area contributed by atoms with E-state index in [-0.39, 0.29) is 0 Å². The van der Waals surface area contributed by atoms with Gasteiger partial charge in [0, 0.05) is 0 Å². The Hall–Kier alpha value is -0.930. The molecule has 13 heavy (non-hydrogen) atoms. The molecule has 2 rings (SSSR count). The van der Waals surface area contributed by atoms with Crippen LogP contribution in [0.25, 0.3) is 11.0 Å². The Bertz CT molecular complexity index is 431. The molecule has 1 heterocycles. The predicted octanol–water partition coefficient (Wildman–Crippen LogP) is 2.35. The first-order chi connectivity index (χ1) is 6.18. The van der Waals surface area contributed by atoms with Gasteiger partial charge in [-0.05, 0) is 35.8 Å². The molecule has 0 aliphatic rings. The average molecular weight is 193 g/mol. The molecule has 0 aliphatic heterocycles. The maximum absolute atomic E-state index is 11.3. The van der Waals surface area contributed by atoms with Gasteiger partial charge in [0.2, 0.25) is 0 Å². The lowest BCUT2D eigenvalue weighted by Crippen LogP contribution is -1.94. The summed E-state index contributed by atoms with van der Waals surface area (Å²) in [5, 5.41) is 0.897. The molecule has 2 nitrogen and oxygen atoms in total. The molecule has 1 unspecified atom stereocenters. The SMILES string of the molecule is [CH2]c1ccc2occ([S+](C)[O-])c2c1. The molecule has 0 bridgehead atoms. The van der Waals surface area contributed by atoms with Crippen LogP contribution in [0.2, 0.25) is 0 Å². The van der Waals surface area contributed by atoms with Crippen molar-refractivity contribution in [3.63, 3.8) is 0 Å². The lowest BCUT2D eigenvalue weighted by atomic mass is 10.2. The number of rotatable bonds is 1. The highest BCUT2D eigenvalue weighted by Crippen LogP contribution is 2.25. The standard InChI is InChI=1S/C10H9O2S/c1-7-3-4-9-8(5-7)10(6-12-9)13(2)11/h3-6H,1H2,2H3. The van der Waals surface area contributed by atoms with Gasteiger partial charge >= 0.3 is 0 Å². The Morgan fingerprint density at radius 2 is 2.23 bits per heavy atom. The molecule has 1 radical (unpaired) electrons. The Morgan fingerprint density at radius 3 is 2.92 bits per heavy atom. The molecule has 0 saturated heterocycles. The summed E-state index contributed by atoms with van der Waals surface area (Å²) in [5.41, 5.74) is 1.67. The zero-order valence-corrected chi connectivity index (χ0v) is 8.06. The minimum Gasteiger partial charge on any atom is -0.612 e. The van der Waals surface area contributed by atoms with Crippen molar-refractivity contribution < 1.29 is 8.97 Å². The highest BCUT2D eigenvalue weighted by Gasteiger charge is 2.13. The first-order valence-electron chi connectivity index (χ1n) is 3.85. The van der Waals surface area contributed by atoms with Crippen molar-refractivity contribution in [2.75, 3.05) is 6.26 Å². The minimum atomic E-state index is -1.00. The monoisotopic (exact) mass is 193 g/mol. The molecule has 3 heteroatoms. The maximum Gasteiger partial charge on any atom is 0.198 e. The van der Waals surface area contributed by atoms with Crippen LogP contribution in [0.1, 0.15) is 5.56 Å². The third kappa shape index (κ3) is 1.45. The summed E-state index contributed by atoms with van der Waals surface area (Å²) in [6.45, 7) is 3.81. The van der Waals surface area contributed by atoms with Crippen molar-refractivity contribution in [3.05, 3.63) is 36.9 Å². The van der Waals surface area contributed by atoms with E-state index in [0.717, 1.165) is 21.4 Å². The summed E-state index contributed by atoms with van der Waals surface area (Å²) in [5.74, 6) is 0. The minimum absolute atomic E-state index is 0.737. The third-order valence-corrected chi connectivity index (χ3v) is 2.85. The lowest BCUT2D eigenvalue weighted by Gasteiger charge is -2.00. The smallest absolute Gasteiger partial charge is 0.198 e. The first-order valence-corrected chi connectivity index (χ1v) is 5.41. The quantitative estimate of drug-likeness (QED) is 0.652. The summed E-state index contributed by atoms with van der Waals surface area (Å²) in [4.78, 5) is 0.737. The second-order valence-electron chi connectivity index (χ2n) is 2.88. The largest absolute Gasteiger partial charge is 0.612 e. The van der Waals surface area contributed by atoms with E-state index < -0.39 is 11.2 Å². The molecule has 1 aromatic carbocycles. The van der Waals surface area contributed by atoms with Gasteiger partial charge in [0.25, 0.3) is 0 Å². The molecule has 0 N–H and O–H groups in total. The number of hydrogen-bond donors (Lipinski definition) is 0. The second kappa shape index (κ2) is 3.09. The van der Waals surface area contributed by atoms with Gasteiger partial charge < -0.3 is 8.97 Å². The van der Waals surface area contributed by atoms with E-state index >= 15 is 0 Å². The fraction of sp³-hybridized carbons (Fsp3) is 0.100. The van der Waals surface area contributed by atoms with Crippen molar-refractivity contribution >= 4 is 22.1 Å².